The Balaban J connectivity index is 1.62. The number of piperidine rings is 1. The summed E-state index contributed by atoms with van der Waals surface area (Å²) in [6, 6.07) is 10.3. The van der Waals surface area contributed by atoms with Crippen molar-refractivity contribution in [3.63, 3.8) is 0 Å². The average Bonchev–Trinajstić information content (AvgIpc) is 2.75. The zero-order chi connectivity index (χ0) is 20.4. The van der Waals surface area contributed by atoms with Crippen LogP contribution in [0.15, 0.2) is 41.3 Å². The van der Waals surface area contributed by atoms with Crippen LogP contribution in [0.4, 0.5) is 5.69 Å². The van der Waals surface area contributed by atoms with Gasteiger partial charge >= 0.3 is 0 Å². The number of carbonyl (C=O) groups is 1. The number of sulfonamides is 1. The molecule has 7 heteroatoms. The predicted molar refractivity (Wildman–Crippen MR) is 115 cm³/mol. The van der Waals surface area contributed by atoms with Crippen molar-refractivity contribution in [3.8, 4) is 0 Å². The first-order valence-electron chi connectivity index (χ1n) is 10.2. The average molecular weight is 433 g/mol. The number of hydrogen-bond acceptors (Lipinski definition) is 3. The Labute approximate surface area is 177 Å². The molecule has 2 aromatic carbocycles. The van der Waals surface area contributed by atoms with Crippen LogP contribution in [0.2, 0.25) is 5.02 Å². The van der Waals surface area contributed by atoms with Gasteiger partial charge in [-0.05, 0) is 73.9 Å². The number of hydrogen-bond donors (Lipinski definition) is 1. The van der Waals surface area contributed by atoms with Gasteiger partial charge in [0.15, 0.2) is 0 Å². The highest BCUT2D eigenvalue weighted by atomic mass is 35.5. The van der Waals surface area contributed by atoms with Crippen molar-refractivity contribution in [1.29, 1.82) is 0 Å². The third-order valence-electron chi connectivity index (χ3n) is 5.78. The van der Waals surface area contributed by atoms with Gasteiger partial charge in [0.05, 0.1) is 15.5 Å². The summed E-state index contributed by atoms with van der Waals surface area (Å²) in [5, 5.41) is 3.19. The van der Waals surface area contributed by atoms with Gasteiger partial charge in [0.25, 0.3) is 5.91 Å². The molecule has 154 valence electrons. The number of rotatable bonds is 4. The molecule has 1 saturated heterocycles. The van der Waals surface area contributed by atoms with E-state index in [0.29, 0.717) is 13.1 Å². The van der Waals surface area contributed by atoms with E-state index >= 15 is 0 Å². The third kappa shape index (κ3) is 4.20. The van der Waals surface area contributed by atoms with Crippen LogP contribution >= 0.6 is 11.6 Å². The fourth-order valence-electron chi connectivity index (χ4n) is 4.18. The van der Waals surface area contributed by atoms with Gasteiger partial charge in [0.2, 0.25) is 10.0 Å². The van der Waals surface area contributed by atoms with Crippen LogP contribution in [-0.2, 0) is 22.9 Å². The maximum absolute atomic E-state index is 13.0. The Hall–Kier alpha value is -1.89. The molecule has 1 aliphatic carbocycles. The molecule has 1 fully saturated rings. The fraction of sp³-hybridized carbons (Fsp3) is 0.409. The summed E-state index contributed by atoms with van der Waals surface area (Å²) in [5.74, 6) is -0.385. The highest BCUT2D eigenvalue weighted by Gasteiger charge is 2.27. The number of nitrogens with one attached hydrogen (secondary N) is 1. The van der Waals surface area contributed by atoms with Crippen molar-refractivity contribution in [2.24, 2.45) is 0 Å². The summed E-state index contributed by atoms with van der Waals surface area (Å²) in [7, 11) is -3.63. The van der Waals surface area contributed by atoms with E-state index in [-0.39, 0.29) is 21.4 Å². The predicted octanol–water partition coefficient (Wildman–Crippen LogP) is 4.65. The molecule has 0 saturated carbocycles. The number of carbonyl (C=O) groups excluding carboxylic acids is 1. The molecule has 0 atom stereocenters. The topological polar surface area (TPSA) is 66.5 Å². The lowest BCUT2D eigenvalue weighted by Crippen LogP contribution is -2.35. The van der Waals surface area contributed by atoms with Gasteiger partial charge in [-0.3, -0.25) is 4.79 Å². The molecule has 0 bridgehead atoms. The second kappa shape index (κ2) is 8.46. The van der Waals surface area contributed by atoms with E-state index < -0.39 is 10.0 Å². The minimum atomic E-state index is -3.63. The van der Waals surface area contributed by atoms with Crippen LogP contribution < -0.4 is 5.32 Å². The molecule has 1 heterocycles. The monoisotopic (exact) mass is 432 g/mol. The minimum Gasteiger partial charge on any atom is -0.322 e. The fourth-order valence-corrected chi connectivity index (χ4v) is 5.93. The van der Waals surface area contributed by atoms with E-state index in [1.807, 2.05) is 12.1 Å². The van der Waals surface area contributed by atoms with Crippen LogP contribution in [-0.4, -0.2) is 31.7 Å². The van der Waals surface area contributed by atoms with Crippen molar-refractivity contribution >= 4 is 33.2 Å². The molecular formula is C22H25ClN2O3S. The molecule has 0 spiro atoms. The molecule has 1 N–H and O–H groups in total. The first-order valence-corrected chi connectivity index (χ1v) is 12.0. The number of anilines is 1. The molecule has 0 aromatic heterocycles. The van der Waals surface area contributed by atoms with Gasteiger partial charge in [-0.15, -0.1) is 0 Å². The van der Waals surface area contributed by atoms with Crippen molar-refractivity contribution in [2.45, 2.75) is 49.8 Å². The van der Waals surface area contributed by atoms with E-state index in [1.54, 1.807) is 0 Å². The number of benzene rings is 2. The molecule has 0 unspecified atom stereocenters. The van der Waals surface area contributed by atoms with E-state index in [2.05, 4.69) is 11.4 Å². The second-order valence-electron chi connectivity index (χ2n) is 7.71. The Morgan fingerprint density at radius 2 is 1.72 bits per heavy atom. The van der Waals surface area contributed by atoms with Crippen LogP contribution in [0.1, 0.15) is 53.6 Å². The number of halogens is 1. The Morgan fingerprint density at radius 3 is 2.52 bits per heavy atom. The summed E-state index contributed by atoms with van der Waals surface area (Å²) in [4.78, 5) is 13.1. The number of nitrogens with zero attached hydrogens (tertiary/aromatic N) is 1. The van der Waals surface area contributed by atoms with E-state index in [4.69, 9.17) is 11.6 Å². The summed E-state index contributed by atoms with van der Waals surface area (Å²) in [5.41, 5.74) is 3.40. The largest absolute Gasteiger partial charge is 0.322 e. The summed E-state index contributed by atoms with van der Waals surface area (Å²) >= 11 is 6.27. The normalized spacial score (nSPS) is 17.6. The van der Waals surface area contributed by atoms with E-state index in [0.717, 1.165) is 50.6 Å². The van der Waals surface area contributed by atoms with E-state index in [1.165, 1.54) is 33.6 Å². The first kappa shape index (κ1) is 20.4. The highest BCUT2D eigenvalue weighted by molar-refractivity contribution is 7.89. The Morgan fingerprint density at radius 1 is 0.966 bits per heavy atom. The Bertz CT molecular complexity index is 1030. The first-order chi connectivity index (χ1) is 14.0. The zero-order valence-corrected chi connectivity index (χ0v) is 17.9. The zero-order valence-electron chi connectivity index (χ0n) is 16.3. The number of amides is 1. The molecule has 1 aliphatic heterocycles. The maximum Gasteiger partial charge on any atom is 0.257 e. The van der Waals surface area contributed by atoms with Crippen LogP contribution in [0.3, 0.4) is 0 Å². The SMILES string of the molecule is O=C(Nc1cccc2c1CCCC2)c1cc(S(=O)(=O)N2CCCCC2)ccc1Cl. The number of fused-ring (bicyclic) bond motifs is 1. The second-order valence-corrected chi connectivity index (χ2v) is 10.1. The molecule has 5 nitrogen and oxygen atoms in total. The molecule has 1 amide bonds. The highest BCUT2D eigenvalue weighted by Crippen LogP contribution is 2.30. The van der Waals surface area contributed by atoms with Crippen molar-refractivity contribution in [1.82, 2.24) is 4.31 Å². The van der Waals surface area contributed by atoms with Crippen LogP contribution in [0.25, 0.3) is 0 Å². The number of aryl methyl sites for hydroxylation is 1. The van der Waals surface area contributed by atoms with Gasteiger partial charge in [0.1, 0.15) is 0 Å². The maximum atomic E-state index is 13.0. The summed E-state index contributed by atoms with van der Waals surface area (Å²) in [6.07, 6.45) is 6.98. The third-order valence-corrected chi connectivity index (χ3v) is 8.00. The smallest absolute Gasteiger partial charge is 0.257 e. The Kier molecular flexibility index (Phi) is 5.95. The lowest BCUT2D eigenvalue weighted by Gasteiger charge is -2.26. The van der Waals surface area contributed by atoms with Gasteiger partial charge in [-0.25, -0.2) is 8.42 Å². The summed E-state index contributed by atoms with van der Waals surface area (Å²) in [6.45, 7) is 1.03. The standard InChI is InChI=1S/C22H25ClN2O3S/c23-20-12-11-17(29(27,28)25-13-4-1-5-14-25)15-19(20)22(26)24-21-10-6-8-16-7-2-3-9-18(16)21/h6,8,10-12,15H,1-5,7,9,13-14H2,(H,24,26). The van der Waals surface area contributed by atoms with Gasteiger partial charge in [-0.2, -0.15) is 4.31 Å². The molecule has 4 rings (SSSR count). The minimum absolute atomic E-state index is 0.115. The summed E-state index contributed by atoms with van der Waals surface area (Å²) < 4.78 is 27.4. The van der Waals surface area contributed by atoms with Crippen molar-refractivity contribution in [3.05, 3.63) is 58.1 Å². The van der Waals surface area contributed by atoms with Crippen LogP contribution in [0, 0.1) is 0 Å². The van der Waals surface area contributed by atoms with Gasteiger partial charge < -0.3 is 5.32 Å². The van der Waals surface area contributed by atoms with Gasteiger partial charge in [-0.1, -0.05) is 30.2 Å². The molecule has 2 aliphatic rings. The van der Waals surface area contributed by atoms with Gasteiger partial charge in [0, 0.05) is 18.8 Å². The molecule has 29 heavy (non-hydrogen) atoms. The molecule has 2 aromatic rings. The van der Waals surface area contributed by atoms with Crippen molar-refractivity contribution in [2.75, 3.05) is 18.4 Å². The molecular weight excluding hydrogens is 408 g/mol. The molecule has 0 radical (unpaired) electrons. The van der Waals surface area contributed by atoms with E-state index in [9.17, 15) is 13.2 Å². The van der Waals surface area contributed by atoms with Crippen molar-refractivity contribution < 1.29 is 13.2 Å². The lowest BCUT2D eigenvalue weighted by molar-refractivity contribution is 0.102. The quantitative estimate of drug-likeness (QED) is 0.764. The van der Waals surface area contributed by atoms with Crippen LogP contribution in [0.5, 0.6) is 0 Å². The lowest BCUT2D eigenvalue weighted by atomic mass is 9.90.